The van der Waals surface area contributed by atoms with Gasteiger partial charge in [0.15, 0.2) is 0 Å². The molecular weight excluding hydrogens is 544 g/mol. The first kappa shape index (κ1) is 24.5. The first-order chi connectivity index (χ1) is 22.3. The molecule has 10 aromatic rings. The van der Waals surface area contributed by atoms with Crippen molar-refractivity contribution in [1.82, 2.24) is 0 Å². The highest BCUT2D eigenvalue weighted by atomic mass is 16.3. The van der Waals surface area contributed by atoms with Gasteiger partial charge in [0, 0.05) is 10.8 Å². The number of benzene rings is 9. The molecule has 0 aliphatic heterocycles. The van der Waals surface area contributed by atoms with Gasteiger partial charge in [0.05, 0.1) is 0 Å². The van der Waals surface area contributed by atoms with Gasteiger partial charge in [0.1, 0.15) is 11.2 Å². The molecule has 208 valence electrons. The van der Waals surface area contributed by atoms with Gasteiger partial charge in [-0.25, -0.2) is 0 Å². The van der Waals surface area contributed by atoms with Crippen LogP contribution in [0.3, 0.4) is 0 Å². The van der Waals surface area contributed by atoms with E-state index in [1.807, 2.05) is 0 Å². The molecule has 0 amide bonds. The van der Waals surface area contributed by atoms with E-state index in [1.165, 1.54) is 87.2 Å². The van der Waals surface area contributed by atoms with Crippen LogP contribution in [0, 0.1) is 0 Å². The summed E-state index contributed by atoms with van der Waals surface area (Å²) in [4.78, 5) is 0. The largest absolute Gasteiger partial charge is 0.456 e. The Balaban J connectivity index is 1.39. The van der Waals surface area contributed by atoms with Crippen LogP contribution in [0.4, 0.5) is 0 Å². The molecule has 0 spiro atoms. The third kappa shape index (κ3) is 3.50. The van der Waals surface area contributed by atoms with Crippen molar-refractivity contribution in [1.29, 1.82) is 0 Å². The summed E-state index contributed by atoms with van der Waals surface area (Å²) in [7, 11) is 0. The molecular formula is C44H26O. The maximum atomic E-state index is 6.35. The molecule has 0 N–H and O–H groups in total. The van der Waals surface area contributed by atoms with Crippen molar-refractivity contribution < 1.29 is 4.42 Å². The molecule has 0 aliphatic rings. The monoisotopic (exact) mass is 570 g/mol. The first-order valence-electron chi connectivity index (χ1n) is 15.5. The van der Waals surface area contributed by atoms with E-state index in [1.54, 1.807) is 0 Å². The highest BCUT2D eigenvalue weighted by Gasteiger charge is 2.22. The van der Waals surface area contributed by atoms with Gasteiger partial charge in [-0.2, -0.15) is 0 Å². The predicted molar refractivity (Wildman–Crippen MR) is 191 cm³/mol. The zero-order valence-electron chi connectivity index (χ0n) is 24.4. The van der Waals surface area contributed by atoms with E-state index in [0.29, 0.717) is 0 Å². The summed E-state index contributed by atoms with van der Waals surface area (Å²) in [6, 6.07) is 57.4. The van der Waals surface area contributed by atoms with E-state index < -0.39 is 0 Å². The molecule has 0 unspecified atom stereocenters. The number of furan rings is 1. The first-order valence-corrected chi connectivity index (χ1v) is 15.5. The molecule has 0 saturated carbocycles. The van der Waals surface area contributed by atoms with Gasteiger partial charge in [0.25, 0.3) is 0 Å². The Hall–Kier alpha value is -5.92. The molecule has 10 rings (SSSR count). The zero-order chi connectivity index (χ0) is 29.5. The van der Waals surface area contributed by atoms with E-state index in [4.69, 9.17) is 4.42 Å². The van der Waals surface area contributed by atoms with Crippen LogP contribution in [-0.4, -0.2) is 0 Å². The standard InChI is InChI=1S/C44H26O/c1-2-12-27(13-3-1)36-24-28-14-4-5-15-29(28)25-38(36)43-33-19-8-6-17-31(33)42(32-18-7-9-20-34(32)43)37-26-30-16-10-22-39-41(30)44-35(37)21-11-23-40(44)45-39/h1-26H. The van der Waals surface area contributed by atoms with Crippen LogP contribution in [0.5, 0.6) is 0 Å². The minimum Gasteiger partial charge on any atom is -0.456 e. The average Bonchev–Trinajstić information content (AvgIpc) is 3.49. The lowest BCUT2D eigenvalue weighted by Gasteiger charge is -2.21. The molecule has 1 heterocycles. The molecule has 1 aromatic heterocycles. The molecule has 0 saturated heterocycles. The number of fused-ring (bicyclic) bond motifs is 3. The van der Waals surface area contributed by atoms with Crippen molar-refractivity contribution in [2.75, 3.05) is 0 Å². The van der Waals surface area contributed by atoms with Crippen LogP contribution in [-0.2, 0) is 0 Å². The normalized spacial score (nSPS) is 12.0. The van der Waals surface area contributed by atoms with Gasteiger partial charge in [-0.3, -0.25) is 0 Å². The smallest absolute Gasteiger partial charge is 0.136 e. The van der Waals surface area contributed by atoms with Crippen LogP contribution >= 0.6 is 0 Å². The third-order valence-electron chi connectivity index (χ3n) is 9.59. The Morgan fingerprint density at radius 3 is 1.44 bits per heavy atom. The van der Waals surface area contributed by atoms with Gasteiger partial charge in [-0.1, -0.05) is 127 Å². The van der Waals surface area contributed by atoms with E-state index in [2.05, 4.69) is 158 Å². The summed E-state index contributed by atoms with van der Waals surface area (Å²) in [6.07, 6.45) is 0. The molecule has 0 fully saturated rings. The Bertz CT molecular complexity index is 2690. The molecule has 9 aromatic carbocycles. The Labute approximate surface area is 259 Å². The van der Waals surface area contributed by atoms with Gasteiger partial charge < -0.3 is 4.42 Å². The van der Waals surface area contributed by atoms with Crippen molar-refractivity contribution in [3.8, 4) is 33.4 Å². The minimum absolute atomic E-state index is 0.939. The fraction of sp³-hybridized carbons (Fsp3) is 0. The maximum absolute atomic E-state index is 6.35. The van der Waals surface area contributed by atoms with Crippen LogP contribution in [0.2, 0.25) is 0 Å². The second-order valence-corrected chi connectivity index (χ2v) is 12.0. The molecule has 1 heteroatoms. The van der Waals surface area contributed by atoms with Gasteiger partial charge in [0.2, 0.25) is 0 Å². The van der Waals surface area contributed by atoms with E-state index >= 15 is 0 Å². The van der Waals surface area contributed by atoms with Gasteiger partial charge in [-0.15, -0.1) is 0 Å². The summed E-state index contributed by atoms with van der Waals surface area (Å²) < 4.78 is 6.35. The van der Waals surface area contributed by atoms with E-state index in [9.17, 15) is 0 Å². The van der Waals surface area contributed by atoms with Crippen molar-refractivity contribution >= 4 is 65.0 Å². The van der Waals surface area contributed by atoms with E-state index in [-0.39, 0.29) is 0 Å². The SMILES string of the molecule is c1ccc(-c2cc3ccccc3cc2-c2c3ccccc3c(-c3cc4cccc5oc6cccc3c6c45)c3ccccc23)cc1. The maximum Gasteiger partial charge on any atom is 0.136 e. The number of hydrogen-bond acceptors (Lipinski definition) is 1. The molecule has 45 heavy (non-hydrogen) atoms. The summed E-state index contributed by atoms with van der Waals surface area (Å²) in [5.41, 5.74) is 9.38. The molecule has 1 nitrogen and oxygen atoms in total. The Kier molecular flexibility index (Phi) is 5.06. The third-order valence-corrected chi connectivity index (χ3v) is 9.59. The molecule has 0 radical (unpaired) electrons. The predicted octanol–water partition coefficient (Wildman–Crippen LogP) is 12.6. The lowest BCUT2D eigenvalue weighted by atomic mass is 9.82. The summed E-state index contributed by atoms with van der Waals surface area (Å²) in [5, 5.41) is 12.3. The zero-order valence-corrected chi connectivity index (χ0v) is 24.4. The quantitative estimate of drug-likeness (QED) is 0.152. The average molecular weight is 571 g/mol. The lowest BCUT2D eigenvalue weighted by Crippen LogP contribution is -1.94. The number of hydrogen-bond donors (Lipinski definition) is 0. The summed E-state index contributed by atoms with van der Waals surface area (Å²) >= 11 is 0. The van der Waals surface area contributed by atoms with Crippen molar-refractivity contribution in [2.24, 2.45) is 0 Å². The van der Waals surface area contributed by atoms with Crippen LogP contribution in [0.15, 0.2) is 162 Å². The lowest BCUT2D eigenvalue weighted by molar-refractivity contribution is 0.669. The Morgan fingerprint density at radius 1 is 0.311 bits per heavy atom. The fourth-order valence-corrected chi connectivity index (χ4v) is 7.69. The summed E-state index contributed by atoms with van der Waals surface area (Å²) in [5.74, 6) is 0. The van der Waals surface area contributed by atoms with Gasteiger partial charge in [-0.05, 0) is 107 Å². The van der Waals surface area contributed by atoms with Crippen LogP contribution in [0.25, 0.3) is 98.4 Å². The minimum atomic E-state index is 0.939. The number of rotatable bonds is 3. The van der Waals surface area contributed by atoms with Crippen LogP contribution < -0.4 is 0 Å². The second-order valence-electron chi connectivity index (χ2n) is 12.0. The molecule has 0 aliphatic carbocycles. The highest BCUT2D eigenvalue weighted by molar-refractivity contribution is 6.30. The second kappa shape index (κ2) is 9.29. The van der Waals surface area contributed by atoms with Crippen molar-refractivity contribution in [3.63, 3.8) is 0 Å². The van der Waals surface area contributed by atoms with E-state index in [0.717, 1.165) is 11.2 Å². The van der Waals surface area contributed by atoms with Crippen LogP contribution in [0.1, 0.15) is 0 Å². The molecule has 0 bridgehead atoms. The molecule has 0 atom stereocenters. The fourth-order valence-electron chi connectivity index (χ4n) is 7.69. The van der Waals surface area contributed by atoms with Crippen molar-refractivity contribution in [2.45, 2.75) is 0 Å². The van der Waals surface area contributed by atoms with Gasteiger partial charge >= 0.3 is 0 Å². The Morgan fingerprint density at radius 2 is 0.778 bits per heavy atom. The van der Waals surface area contributed by atoms with Crippen molar-refractivity contribution in [3.05, 3.63) is 158 Å². The highest BCUT2D eigenvalue weighted by Crippen LogP contribution is 2.50. The summed E-state index contributed by atoms with van der Waals surface area (Å²) in [6.45, 7) is 0. The topological polar surface area (TPSA) is 13.1 Å².